The monoisotopic (exact) mass is 366 g/mol. The zero-order chi connectivity index (χ0) is 16.1. The maximum Gasteiger partial charge on any atom is 0.0803 e. The van der Waals surface area contributed by atoms with Crippen LogP contribution in [0.5, 0.6) is 0 Å². The van der Waals surface area contributed by atoms with E-state index in [0.29, 0.717) is 5.92 Å². The smallest absolute Gasteiger partial charge is 0.0803 e. The SMILES string of the molecule is CN(CC1CCCNC1)C(c1ccc(Cl)cc1)c1cnccn1.Cl. The van der Waals surface area contributed by atoms with E-state index in [-0.39, 0.29) is 18.4 Å². The molecule has 2 atom stereocenters. The second kappa shape index (κ2) is 9.33. The lowest BCUT2D eigenvalue weighted by Gasteiger charge is -2.33. The Labute approximate surface area is 155 Å². The van der Waals surface area contributed by atoms with Gasteiger partial charge < -0.3 is 5.32 Å². The van der Waals surface area contributed by atoms with Crippen molar-refractivity contribution in [3.8, 4) is 0 Å². The third-order valence-electron chi connectivity index (χ3n) is 4.43. The molecule has 1 N–H and O–H groups in total. The van der Waals surface area contributed by atoms with Gasteiger partial charge in [0.15, 0.2) is 0 Å². The summed E-state index contributed by atoms with van der Waals surface area (Å²) in [5, 5.41) is 4.25. The number of hydrogen-bond donors (Lipinski definition) is 1. The lowest BCUT2D eigenvalue weighted by Crippen LogP contribution is -2.38. The summed E-state index contributed by atoms with van der Waals surface area (Å²) < 4.78 is 0. The third kappa shape index (κ3) is 4.90. The molecule has 24 heavy (non-hydrogen) atoms. The Morgan fingerprint density at radius 1 is 1.29 bits per heavy atom. The minimum Gasteiger partial charge on any atom is -0.316 e. The number of hydrogen-bond acceptors (Lipinski definition) is 4. The van der Waals surface area contributed by atoms with Crippen molar-refractivity contribution >= 4 is 24.0 Å². The molecule has 130 valence electrons. The van der Waals surface area contributed by atoms with Crippen molar-refractivity contribution in [2.75, 3.05) is 26.7 Å². The van der Waals surface area contributed by atoms with Crippen LogP contribution in [0, 0.1) is 5.92 Å². The molecule has 0 spiro atoms. The Kier molecular flexibility index (Phi) is 7.43. The zero-order valence-corrected chi connectivity index (χ0v) is 15.4. The minimum atomic E-state index is 0. The van der Waals surface area contributed by atoms with Gasteiger partial charge in [0.25, 0.3) is 0 Å². The molecule has 3 rings (SSSR count). The summed E-state index contributed by atoms with van der Waals surface area (Å²) in [4.78, 5) is 11.2. The van der Waals surface area contributed by atoms with Crippen molar-refractivity contribution < 1.29 is 0 Å². The van der Waals surface area contributed by atoms with E-state index in [9.17, 15) is 0 Å². The van der Waals surface area contributed by atoms with Crippen molar-refractivity contribution in [1.29, 1.82) is 0 Å². The van der Waals surface area contributed by atoms with Crippen LogP contribution in [0.25, 0.3) is 0 Å². The molecule has 1 aromatic heterocycles. The quantitative estimate of drug-likeness (QED) is 0.877. The molecule has 0 bridgehead atoms. The van der Waals surface area contributed by atoms with E-state index in [1.54, 1.807) is 12.4 Å². The first-order valence-electron chi connectivity index (χ1n) is 8.16. The highest BCUT2D eigenvalue weighted by Gasteiger charge is 2.24. The molecule has 0 saturated carbocycles. The van der Waals surface area contributed by atoms with Gasteiger partial charge in [-0.25, -0.2) is 0 Å². The highest BCUT2D eigenvalue weighted by atomic mass is 35.5. The summed E-state index contributed by atoms with van der Waals surface area (Å²) in [5.41, 5.74) is 2.17. The van der Waals surface area contributed by atoms with Crippen LogP contribution in [0.2, 0.25) is 5.02 Å². The maximum absolute atomic E-state index is 6.05. The topological polar surface area (TPSA) is 41.0 Å². The van der Waals surface area contributed by atoms with E-state index in [1.165, 1.54) is 18.4 Å². The molecule has 2 aromatic rings. The van der Waals surface area contributed by atoms with Crippen molar-refractivity contribution in [3.63, 3.8) is 0 Å². The summed E-state index contributed by atoms with van der Waals surface area (Å²) in [6.07, 6.45) is 7.87. The molecule has 1 saturated heterocycles. The van der Waals surface area contributed by atoms with Crippen LogP contribution in [0.3, 0.4) is 0 Å². The first kappa shape index (κ1) is 19.1. The van der Waals surface area contributed by atoms with Crippen LogP contribution in [0.1, 0.15) is 30.1 Å². The molecule has 0 aliphatic carbocycles. The molecule has 1 aliphatic rings. The van der Waals surface area contributed by atoms with Gasteiger partial charge in [0.05, 0.1) is 17.9 Å². The summed E-state index contributed by atoms with van der Waals surface area (Å²) >= 11 is 6.05. The van der Waals surface area contributed by atoms with Crippen LogP contribution < -0.4 is 5.32 Å². The average molecular weight is 367 g/mol. The zero-order valence-electron chi connectivity index (χ0n) is 13.9. The molecule has 6 heteroatoms. The van der Waals surface area contributed by atoms with E-state index in [1.807, 2.05) is 18.3 Å². The summed E-state index contributed by atoms with van der Waals surface area (Å²) in [6.45, 7) is 3.28. The van der Waals surface area contributed by atoms with E-state index >= 15 is 0 Å². The van der Waals surface area contributed by atoms with Gasteiger partial charge in [0, 0.05) is 24.0 Å². The number of rotatable bonds is 5. The summed E-state index contributed by atoms with van der Waals surface area (Å²) in [5.74, 6) is 0.681. The number of halogens is 2. The fourth-order valence-electron chi connectivity index (χ4n) is 3.34. The molecule has 1 fully saturated rings. The minimum absolute atomic E-state index is 0. The van der Waals surface area contributed by atoms with Crippen molar-refractivity contribution in [1.82, 2.24) is 20.2 Å². The van der Waals surface area contributed by atoms with Crippen molar-refractivity contribution in [3.05, 3.63) is 59.1 Å². The molecule has 0 radical (unpaired) electrons. The first-order valence-corrected chi connectivity index (χ1v) is 8.54. The van der Waals surface area contributed by atoms with Crippen LogP contribution in [0.15, 0.2) is 42.9 Å². The van der Waals surface area contributed by atoms with Gasteiger partial charge in [-0.1, -0.05) is 23.7 Å². The largest absolute Gasteiger partial charge is 0.316 e. The van der Waals surface area contributed by atoms with Crippen LogP contribution in [0.4, 0.5) is 0 Å². The number of piperidine rings is 1. The highest BCUT2D eigenvalue weighted by Crippen LogP contribution is 2.28. The number of nitrogens with one attached hydrogen (secondary N) is 1. The van der Waals surface area contributed by atoms with E-state index in [4.69, 9.17) is 11.6 Å². The maximum atomic E-state index is 6.05. The fraction of sp³-hybridized carbons (Fsp3) is 0.444. The van der Waals surface area contributed by atoms with E-state index in [0.717, 1.165) is 30.4 Å². The predicted octanol–water partition coefficient (Wildman–Crippen LogP) is 3.57. The lowest BCUT2D eigenvalue weighted by atomic mass is 9.96. The van der Waals surface area contributed by atoms with Gasteiger partial charge in [0.2, 0.25) is 0 Å². The average Bonchev–Trinajstić information content (AvgIpc) is 2.59. The summed E-state index contributed by atoms with van der Waals surface area (Å²) in [6, 6.07) is 8.14. The van der Waals surface area contributed by atoms with Crippen LogP contribution >= 0.6 is 24.0 Å². The molecular weight excluding hydrogens is 343 g/mol. The van der Waals surface area contributed by atoms with Gasteiger partial charge in [-0.2, -0.15) is 0 Å². The fourth-order valence-corrected chi connectivity index (χ4v) is 3.47. The molecule has 0 amide bonds. The Balaban J connectivity index is 0.00000208. The number of aromatic nitrogens is 2. The second-order valence-electron chi connectivity index (χ2n) is 6.24. The predicted molar refractivity (Wildman–Crippen MR) is 101 cm³/mol. The van der Waals surface area contributed by atoms with Gasteiger partial charge in [-0.05, 0) is 56.6 Å². The summed E-state index contributed by atoms with van der Waals surface area (Å²) in [7, 11) is 2.17. The van der Waals surface area contributed by atoms with Gasteiger partial charge in [-0.15, -0.1) is 12.4 Å². The molecular formula is C18H24Cl2N4. The van der Waals surface area contributed by atoms with E-state index in [2.05, 4.69) is 39.4 Å². The van der Waals surface area contributed by atoms with Crippen LogP contribution in [-0.4, -0.2) is 41.5 Å². The van der Waals surface area contributed by atoms with Gasteiger partial charge >= 0.3 is 0 Å². The molecule has 2 heterocycles. The Bertz CT molecular complexity index is 600. The van der Waals surface area contributed by atoms with Crippen LogP contribution in [-0.2, 0) is 0 Å². The lowest BCUT2D eigenvalue weighted by molar-refractivity contribution is 0.207. The van der Waals surface area contributed by atoms with Crippen molar-refractivity contribution in [2.24, 2.45) is 5.92 Å². The van der Waals surface area contributed by atoms with E-state index < -0.39 is 0 Å². The van der Waals surface area contributed by atoms with Gasteiger partial charge in [-0.3, -0.25) is 14.9 Å². The highest BCUT2D eigenvalue weighted by molar-refractivity contribution is 6.30. The normalized spacial score (nSPS) is 18.9. The molecule has 2 unspecified atom stereocenters. The second-order valence-corrected chi connectivity index (χ2v) is 6.67. The third-order valence-corrected chi connectivity index (χ3v) is 4.69. The van der Waals surface area contributed by atoms with Crippen molar-refractivity contribution in [2.45, 2.75) is 18.9 Å². The Morgan fingerprint density at radius 2 is 2.08 bits per heavy atom. The molecule has 1 aliphatic heterocycles. The molecule has 1 aromatic carbocycles. The first-order chi connectivity index (χ1) is 11.2. The number of nitrogens with zero attached hydrogens (tertiary/aromatic N) is 3. The number of benzene rings is 1. The Morgan fingerprint density at radius 3 is 2.71 bits per heavy atom. The van der Waals surface area contributed by atoms with Gasteiger partial charge in [0.1, 0.15) is 0 Å². The Hall–Kier alpha value is -1.20. The molecule has 4 nitrogen and oxygen atoms in total. The standard InChI is InChI=1S/C18H23ClN4.ClH/c1-23(13-14-3-2-8-20-11-14)18(17-12-21-9-10-22-17)15-4-6-16(19)7-5-15;/h4-7,9-10,12,14,18,20H,2-3,8,11,13H2,1H3;1H.